The summed E-state index contributed by atoms with van der Waals surface area (Å²) in [7, 11) is -3.18. The molecule has 1 fully saturated rings. The van der Waals surface area contributed by atoms with Crippen LogP contribution in [-0.2, 0) is 10.0 Å². The van der Waals surface area contributed by atoms with Gasteiger partial charge in [-0.15, -0.1) is 0 Å². The first-order valence-corrected chi connectivity index (χ1v) is 9.25. The molecule has 1 unspecified atom stereocenters. The van der Waals surface area contributed by atoms with Gasteiger partial charge in [-0.05, 0) is 19.0 Å². The van der Waals surface area contributed by atoms with E-state index in [1.165, 1.54) is 7.11 Å². The Bertz CT molecular complexity index is 837. The molecule has 0 saturated carbocycles. The van der Waals surface area contributed by atoms with Crippen LogP contribution in [0.3, 0.4) is 0 Å². The number of nitrogens with one attached hydrogen (secondary N) is 2. The number of ether oxygens (including phenoxy) is 1. The van der Waals surface area contributed by atoms with Crippen LogP contribution in [0.1, 0.15) is 17.9 Å². The fourth-order valence-electron chi connectivity index (χ4n) is 2.66. The highest BCUT2D eigenvalue weighted by Gasteiger charge is 2.32. The number of anilines is 1. The maximum absolute atomic E-state index is 14.7. The average Bonchev–Trinajstić information content (AvgIpc) is 3.21. The van der Waals surface area contributed by atoms with Crippen molar-refractivity contribution in [3.8, 4) is 5.75 Å². The lowest BCUT2D eigenvalue weighted by atomic mass is 9.96. The van der Waals surface area contributed by atoms with Crippen molar-refractivity contribution in [2.45, 2.75) is 17.2 Å². The molecule has 7 nitrogen and oxygen atoms in total. The number of hydrogen-bond donors (Lipinski definition) is 2. The van der Waals surface area contributed by atoms with Crippen LogP contribution >= 0.6 is 11.5 Å². The molecule has 1 saturated heterocycles. The third-order valence-electron chi connectivity index (χ3n) is 3.72. The van der Waals surface area contributed by atoms with Gasteiger partial charge in [0.25, 0.3) is 10.0 Å². The van der Waals surface area contributed by atoms with E-state index in [0.29, 0.717) is 25.6 Å². The van der Waals surface area contributed by atoms with Gasteiger partial charge >= 0.3 is 0 Å². The molecule has 1 aromatic heterocycles. The quantitative estimate of drug-likeness (QED) is 0.825. The largest absolute Gasteiger partial charge is 0.493 e. The normalized spacial score (nSPS) is 17.9. The molecule has 0 radical (unpaired) electrons. The third kappa shape index (κ3) is 3.06. The van der Waals surface area contributed by atoms with E-state index in [1.54, 1.807) is 0 Å². The summed E-state index contributed by atoms with van der Waals surface area (Å²) in [5.74, 6) is -2.61. The molecule has 0 spiro atoms. The maximum atomic E-state index is 14.7. The molecule has 1 aliphatic rings. The molecule has 1 aromatic carbocycles. The van der Waals surface area contributed by atoms with Gasteiger partial charge in [-0.2, -0.15) is 4.37 Å². The van der Waals surface area contributed by atoms with Gasteiger partial charge in [-0.25, -0.2) is 22.2 Å². The minimum absolute atomic E-state index is 0.0437. The molecule has 24 heavy (non-hydrogen) atoms. The van der Waals surface area contributed by atoms with Crippen LogP contribution in [0.4, 0.5) is 13.9 Å². The first-order chi connectivity index (χ1) is 11.4. The van der Waals surface area contributed by atoms with Crippen molar-refractivity contribution in [1.29, 1.82) is 0 Å². The second-order valence-electron chi connectivity index (χ2n) is 5.16. The number of benzene rings is 1. The van der Waals surface area contributed by atoms with E-state index in [0.717, 1.165) is 17.9 Å². The molecule has 0 amide bonds. The first-order valence-electron chi connectivity index (χ1n) is 7.00. The van der Waals surface area contributed by atoms with E-state index in [9.17, 15) is 17.2 Å². The maximum Gasteiger partial charge on any atom is 0.266 e. The Kier molecular flexibility index (Phi) is 4.65. The Morgan fingerprint density at radius 2 is 2.25 bits per heavy atom. The second kappa shape index (κ2) is 6.57. The van der Waals surface area contributed by atoms with Gasteiger partial charge in [-0.1, -0.05) is 0 Å². The van der Waals surface area contributed by atoms with Crippen LogP contribution in [0.25, 0.3) is 0 Å². The summed E-state index contributed by atoms with van der Waals surface area (Å²) in [6, 6.07) is 0.675. The van der Waals surface area contributed by atoms with Crippen LogP contribution in [0, 0.1) is 11.6 Å². The fraction of sp³-hybridized carbons (Fsp3) is 0.385. The molecular weight excluding hydrogens is 362 g/mol. The van der Waals surface area contributed by atoms with E-state index in [1.807, 2.05) is 0 Å². The van der Waals surface area contributed by atoms with Crippen molar-refractivity contribution in [2.75, 3.05) is 24.9 Å². The van der Waals surface area contributed by atoms with Gasteiger partial charge in [0.1, 0.15) is 17.0 Å². The van der Waals surface area contributed by atoms with Gasteiger partial charge in [0.2, 0.25) is 5.13 Å². The van der Waals surface area contributed by atoms with Crippen molar-refractivity contribution in [1.82, 2.24) is 14.7 Å². The zero-order valence-electron chi connectivity index (χ0n) is 12.5. The predicted octanol–water partition coefficient (Wildman–Crippen LogP) is 1.70. The highest BCUT2D eigenvalue weighted by molar-refractivity contribution is 7.93. The summed E-state index contributed by atoms with van der Waals surface area (Å²) in [6.45, 7) is 1.15. The summed E-state index contributed by atoms with van der Waals surface area (Å²) >= 11 is 0.781. The Labute approximate surface area is 141 Å². The summed E-state index contributed by atoms with van der Waals surface area (Å²) in [5.41, 5.74) is 0.0508. The Morgan fingerprint density at radius 3 is 2.83 bits per heavy atom. The highest BCUT2D eigenvalue weighted by Crippen LogP contribution is 2.38. The lowest BCUT2D eigenvalue weighted by Crippen LogP contribution is -2.17. The zero-order chi connectivity index (χ0) is 17.3. The van der Waals surface area contributed by atoms with Crippen LogP contribution in [0.2, 0.25) is 0 Å². The molecule has 0 aliphatic carbocycles. The molecule has 130 valence electrons. The van der Waals surface area contributed by atoms with Crippen molar-refractivity contribution < 1.29 is 21.9 Å². The molecule has 11 heteroatoms. The molecule has 3 rings (SSSR count). The monoisotopic (exact) mass is 376 g/mol. The van der Waals surface area contributed by atoms with Crippen molar-refractivity contribution >= 4 is 26.7 Å². The Balaban J connectivity index is 2.07. The predicted molar refractivity (Wildman–Crippen MR) is 83.9 cm³/mol. The summed E-state index contributed by atoms with van der Waals surface area (Å²) in [4.78, 5) is 2.83. The Morgan fingerprint density at radius 1 is 1.46 bits per heavy atom. The number of methoxy groups -OCH3 is 1. The molecule has 1 aliphatic heterocycles. The molecular formula is C13H14F2N4O3S2. The third-order valence-corrected chi connectivity index (χ3v) is 5.77. The van der Waals surface area contributed by atoms with Gasteiger partial charge in [0.05, 0.1) is 7.11 Å². The molecule has 2 N–H and O–H groups in total. The van der Waals surface area contributed by atoms with E-state index in [-0.39, 0.29) is 22.4 Å². The highest BCUT2D eigenvalue weighted by atomic mass is 32.2. The van der Waals surface area contributed by atoms with Gasteiger partial charge in [0, 0.05) is 29.6 Å². The summed E-state index contributed by atoms with van der Waals surface area (Å²) < 4.78 is 64.6. The van der Waals surface area contributed by atoms with Crippen molar-refractivity contribution in [2.24, 2.45) is 0 Å². The molecule has 1 atom stereocenters. The number of rotatable bonds is 5. The summed E-state index contributed by atoms with van der Waals surface area (Å²) in [6.07, 6.45) is 1.76. The van der Waals surface area contributed by atoms with Crippen LogP contribution in [0.15, 0.2) is 17.3 Å². The van der Waals surface area contributed by atoms with Gasteiger partial charge < -0.3 is 10.1 Å². The minimum Gasteiger partial charge on any atom is -0.493 e. The van der Waals surface area contributed by atoms with Crippen LogP contribution in [-0.4, -0.2) is 38.0 Å². The topological polar surface area (TPSA) is 93.2 Å². The molecule has 2 aromatic rings. The van der Waals surface area contributed by atoms with E-state index < -0.39 is 26.6 Å². The standard InChI is InChI=1S/C13H14F2N4O3S2/c1-22-12-10(7-2-3-16-5-7)8(14)4-9(11(12)15)24(20,21)19-13-17-6-18-23-13/h4,6-7,16H,2-3,5H2,1H3,(H,17,18,19). The van der Waals surface area contributed by atoms with Crippen molar-refractivity contribution in [3.05, 3.63) is 29.6 Å². The number of halogens is 2. The fourth-order valence-corrected chi connectivity index (χ4v) is 4.41. The molecule has 2 heterocycles. The smallest absolute Gasteiger partial charge is 0.266 e. The van der Waals surface area contributed by atoms with Crippen LogP contribution in [0.5, 0.6) is 5.75 Å². The van der Waals surface area contributed by atoms with E-state index >= 15 is 0 Å². The summed E-state index contributed by atoms with van der Waals surface area (Å²) in [5, 5.41) is 3.01. The number of aromatic nitrogens is 2. The Hall–Kier alpha value is -1.85. The van der Waals surface area contributed by atoms with E-state index in [4.69, 9.17) is 4.74 Å². The van der Waals surface area contributed by atoms with Crippen molar-refractivity contribution in [3.63, 3.8) is 0 Å². The number of nitrogens with zero attached hydrogens (tertiary/aromatic N) is 2. The molecule has 0 bridgehead atoms. The minimum atomic E-state index is -4.36. The van der Waals surface area contributed by atoms with E-state index in [2.05, 4.69) is 19.4 Å². The SMILES string of the molecule is COc1c(F)c(S(=O)(=O)Nc2ncns2)cc(F)c1C1CCNC1. The number of hydrogen-bond acceptors (Lipinski definition) is 7. The lowest BCUT2D eigenvalue weighted by Gasteiger charge is -2.18. The average molecular weight is 376 g/mol. The number of sulfonamides is 1. The lowest BCUT2D eigenvalue weighted by molar-refractivity contribution is 0.365. The van der Waals surface area contributed by atoms with Gasteiger partial charge in [-0.3, -0.25) is 4.72 Å². The zero-order valence-corrected chi connectivity index (χ0v) is 14.2. The second-order valence-corrected chi connectivity index (χ2v) is 7.59. The first kappa shape index (κ1) is 17.0. The van der Waals surface area contributed by atoms with Crippen LogP contribution < -0.4 is 14.8 Å². The van der Waals surface area contributed by atoms with Gasteiger partial charge in [0.15, 0.2) is 11.6 Å².